The zero-order valence-electron chi connectivity index (χ0n) is 20.3. The van der Waals surface area contributed by atoms with Crippen LogP contribution in [-0.2, 0) is 11.3 Å². The van der Waals surface area contributed by atoms with Gasteiger partial charge in [-0.1, -0.05) is 54.6 Å². The molecule has 3 aromatic carbocycles. The van der Waals surface area contributed by atoms with E-state index in [0.717, 1.165) is 28.1 Å². The Labute approximate surface area is 210 Å². The van der Waals surface area contributed by atoms with Gasteiger partial charge < -0.3 is 9.64 Å². The second-order valence-electron chi connectivity index (χ2n) is 8.79. The number of amides is 1. The molecule has 0 unspecified atom stereocenters. The van der Waals surface area contributed by atoms with Crippen LogP contribution in [0.3, 0.4) is 0 Å². The number of hydrogen-bond acceptors (Lipinski definition) is 4. The number of hydrogen-bond donors (Lipinski definition) is 0. The quantitative estimate of drug-likeness (QED) is 0.357. The molecule has 36 heavy (non-hydrogen) atoms. The van der Waals surface area contributed by atoms with E-state index in [9.17, 15) is 9.18 Å². The van der Waals surface area contributed by atoms with Crippen molar-refractivity contribution in [2.24, 2.45) is 0 Å². The molecule has 0 radical (unpaired) electrons. The van der Waals surface area contributed by atoms with Crippen LogP contribution < -0.4 is 0 Å². The summed E-state index contributed by atoms with van der Waals surface area (Å²) in [5.74, 6) is -0.284. The van der Waals surface area contributed by atoms with Crippen molar-refractivity contribution in [2.45, 2.75) is 13.5 Å². The number of ether oxygens (including phenoxy) is 1. The van der Waals surface area contributed by atoms with Gasteiger partial charge in [-0.15, -0.1) is 0 Å². The fourth-order valence-corrected chi connectivity index (χ4v) is 4.60. The van der Waals surface area contributed by atoms with Crippen molar-refractivity contribution in [3.05, 3.63) is 96.4 Å². The Balaban J connectivity index is 1.43. The maximum absolute atomic E-state index is 15.0. The van der Waals surface area contributed by atoms with Gasteiger partial charge in [-0.2, -0.15) is 5.10 Å². The molecule has 0 bridgehead atoms. The molecule has 7 heteroatoms. The SMILES string of the molecule is CCOC(=O)N1CCN(Cc2cnn(-c3ccc(-c4ccccc4)cc3)c2-c2ccccc2F)CC1. The first-order valence-corrected chi connectivity index (χ1v) is 12.3. The molecule has 1 aliphatic rings. The minimum Gasteiger partial charge on any atom is -0.450 e. The third kappa shape index (κ3) is 5.02. The van der Waals surface area contributed by atoms with E-state index in [4.69, 9.17) is 4.74 Å². The van der Waals surface area contributed by atoms with Crippen LogP contribution in [0.4, 0.5) is 9.18 Å². The minimum atomic E-state index is -0.284. The van der Waals surface area contributed by atoms with Crippen molar-refractivity contribution in [3.63, 3.8) is 0 Å². The van der Waals surface area contributed by atoms with Crippen LogP contribution in [0, 0.1) is 5.82 Å². The van der Waals surface area contributed by atoms with Gasteiger partial charge in [-0.3, -0.25) is 4.90 Å². The molecule has 1 fully saturated rings. The van der Waals surface area contributed by atoms with Crippen LogP contribution in [0.1, 0.15) is 12.5 Å². The Morgan fingerprint density at radius 1 is 0.889 bits per heavy atom. The summed E-state index contributed by atoms with van der Waals surface area (Å²) in [6.45, 7) is 5.43. The van der Waals surface area contributed by atoms with Crippen LogP contribution in [0.2, 0.25) is 0 Å². The first kappa shape index (κ1) is 23.8. The lowest BCUT2D eigenvalue weighted by molar-refractivity contribution is 0.0779. The van der Waals surface area contributed by atoms with Gasteiger partial charge in [-0.25, -0.2) is 13.9 Å². The Morgan fingerprint density at radius 2 is 1.56 bits per heavy atom. The molecular formula is C29H29FN4O2. The standard InChI is InChI=1S/C29H29FN4O2/c1-2-36-29(35)33-18-16-32(17-19-33)21-24-20-31-34(28(24)26-10-6-7-11-27(26)30)25-14-12-23(13-15-25)22-8-4-3-5-9-22/h3-15,20H,2,16-19,21H2,1H3. The predicted molar refractivity (Wildman–Crippen MR) is 138 cm³/mol. The van der Waals surface area contributed by atoms with Crippen molar-refractivity contribution >= 4 is 6.09 Å². The largest absolute Gasteiger partial charge is 0.450 e. The average molecular weight is 485 g/mol. The molecule has 184 valence electrons. The Kier molecular flexibility index (Phi) is 7.09. The van der Waals surface area contributed by atoms with E-state index in [-0.39, 0.29) is 11.9 Å². The molecule has 1 aliphatic heterocycles. The van der Waals surface area contributed by atoms with Gasteiger partial charge in [0.15, 0.2) is 0 Å². The average Bonchev–Trinajstić information content (AvgIpc) is 3.33. The Morgan fingerprint density at radius 3 is 2.25 bits per heavy atom. The van der Waals surface area contributed by atoms with E-state index < -0.39 is 0 Å². The topological polar surface area (TPSA) is 50.6 Å². The number of nitrogens with zero attached hydrogens (tertiary/aromatic N) is 4. The summed E-state index contributed by atoms with van der Waals surface area (Å²) in [5.41, 5.74) is 5.32. The molecule has 5 rings (SSSR count). The second-order valence-corrected chi connectivity index (χ2v) is 8.79. The third-order valence-electron chi connectivity index (χ3n) is 6.49. The number of piperazine rings is 1. The number of rotatable bonds is 6. The van der Waals surface area contributed by atoms with Gasteiger partial charge in [-0.05, 0) is 42.3 Å². The molecule has 0 aliphatic carbocycles. The number of aromatic nitrogens is 2. The van der Waals surface area contributed by atoms with Crippen LogP contribution >= 0.6 is 0 Å². The molecule has 2 heterocycles. The summed E-state index contributed by atoms with van der Waals surface area (Å²) in [6, 6.07) is 25.2. The lowest BCUT2D eigenvalue weighted by Crippen LogP contribution is -2.48. The smallest absolute Gasteiger partial charge is 0.409 e. The maximum atomic E-state index is 15.0. The van der Waals surface area contributed by atoms with Gasteiger partial charge in [0.1, 0.15) is 5.82 Å². The summed E-state index contributed by atoms with van der Waals surface area (Å²) >= 11 is 0. The number of halogens is 1. The predicted octanol–water partition coefficient (Wildman–Crippen LogP) is 5.62. The fraction of sp³-hybridized carbons (Fsp3) is 0.241. The lowest BCUT2D eigenvalue weighted by atomic mass is 10.0. The summed E-state index contributed by atoms with van der Waals surface area (Å²) in [7, 11) is 0. The van der Waals surface area contributed by atoms with Gasteiger partial charge >= 0.3 is 6.09 Å². The van der Waals surface area contributed by atoms with Crippen molar-refractivity contribution in [1.82, 2.24) is 19.6 Å². The van der Waals surface area contributed by atoms with E-state index in [2.05, 4.69) is 34.3 Å². The number of carbonyl (C=O) groups is 1. The summed E-state index contributed by atoms with van der Waals surface area (Å²) in [4.78, 5) is 16.0. The van der Waals surface area contributed by atoms with E-state index in [0.29, 0.717) is 44.9 Å². The molecule has 1 aromatic heterocycles. The van der Waals surface area contributed by atoms with Gasteiger partial charge in [0.05, 0.1) is 24.2 Å². The summed E-state index contributed by atoms with van der Waals surface area (Å²) < 4.78 is 21.9. The minimum absolute atomic E-state index is 0.268. The number of benzene rings is 3. The first-order chi connectivity index (χ1) is 17.6. The highest BCUT2D eigenvalue weighted by Crippen LogP contribution is 2.31. The monoisotopic (exact) mass is 484 g/mol. The van der Waals surface area contributed by atoms with E-state index in [1.54, 1.807) is 17.0 Å². The molecule has 1 saturated heterocycles. The van der Waals surface area contributed by atoms with Crippen LogP contribution in [0.15, 0.2) is 85.1 Å². The molecule has 0 atom stereocenters. The molecule has 1 amide bonds. The summed E-state index contributed by atoms with van der Waals surface area (Å²) in [6.07, 6.45) is 1.56. The molecule has 4 aromatic rings. The molecule has 0 saturated carbocycles. The van der Waals surface area contributed by atoms with Crippen molar-refractivity contribution in [3.8, 4) is 28.1 Å². The fourth-order valence-electron chi connectivity index (χ4n) is 4.60. The summed E-state index contributed by atoms with van der Waals surface area (Å²) in [5, 5.41) is 4.68. The molecule has 6 nitrogen and oxygen atoms in total. The highest BCUT2D eigenvalue weighted by atomic mass is 19.1. The normalized spacial score (nSPS) is 14.1. The molecule has 0 N–H and O–H groups in total. The van der Waals surface area contributed by atoms with Crippen LogP contribution in [-0.4, -0.2) is 58.5 Å². The van der Waals surface area contributed by atoms with E-state index in [1.807, 2.05) is 54.2 Å². The van der Waals surface area contributed by atoms with Crippen LogP contribution in [0.25, 0.3) is 28.1 Å². The third-order valence-corrected chi connectivity index (χ3v) is 6.49. The van der Waals surface area contributed by atoms with Gasteiger partial charge in [0.2, 0.25) is 0 Å². The zero-order chi connectivity index (χ0) is 24.9. The lowest BCUT2D eigenvalue weighted by Gasteiger charge is -2.34. The second kappa shape index (κ2) is 10.7. The van der Waals surface area contributed by atoms with Crippen LogP contribution in [0.5, 0.6) is 0 Å². The Bertz CT molecular complexity index is 1310. The number of carbonyl (C=O) groups excluding carboxylic acids is 1. The molecule has 0 spiro atoms. The van der Waals surface area contributed by atoms with Crippen molar-refractivity contribution in [1.29, 1.82) is 0 Å². The van der Waals surface area contributed by atoms with Gasteiger partial charge in [0, 0.05) is 43.9 Å². The van der Waals surface area contributed by atoms with E-state index in [1.165, 1.54) is 6.07 Å². The maximum Gasteiger partial charge on any atom is 0.409 e. The first-order valence-electron chi connectivity index (χ1n) is 12.3. The Hall–Kier alpha value is -3.97. The molecular weight excluding hydrogens is 455 g/mol. The van der Waals surface area contributed by atoms with E-state index >= 15 is 0 Å². The van der Waals surface area contributed by atoms with Crippen molar-refractivity contribution in [2.75, 3.05) is 32.8 Å². The highest BCUT2D eigenvalue weighted by molar-refractivity contribution is 5.69. The zero-order valence-corrected chi connectivity index (χ0v) is 20.3. The van der Waals surface area contributed by atoms with Gasteiger partial charge in [0.25, 0.3) is 0 Å². The highest BCUT2D eigenvalue weighted by Gasteiger charge is 2.24. The van der Waals surface area contributed by atoms with Crippen molar-refractivity contribution < 1.29 is 13.9 Å².